The number of benzene rings is 1. The van der Waals surface area contributed by atoms with Crippen molar-refractivity contribution in [3.05, 3.63) is 57.6 Å². The third-order valence-corrected chi connectivity index (χ3v) is 3.15. The lowest BCUT2D eigenvalue weighted by atomic mass is 10.0. The normalized spacial score (nSPS) is 10.4. The summed E-state index contributed by atoms with van der Waals surface area (Å²) in [6.07, 6.45) is 0.497. The topological polar surface area (TPSA) is 76.7 Å². The van der Waals surface area contributed by atoms with Gasteiger partial charge in [-0.2, -0.15) is 0 Å². The summed E-state index contributed by atoms with van der Waals surface area (Å²) in [5.74, 6) is 0.158. The summed E-state index contributed by atoms with van der Waals surface area (Å²) in [7, 11) is 1.56. The number of ketones is 1. The van der Waals surface area contributed by atoms with Gasteiger partial charge in [-0.15, -0.1) is 0 Å². The average Bonchev–Trinajstić information content (AvgIpc) is 2.44. The molecular formula is C16H16O5. The number of hydrogen-bond donors (Lipinski definition) is 1. The molecule has 110 valence electrons. The number of para-hydroxylation sites is 1. The molecule has 1 heterocycles. The lowest BCUT2D eigenvalue weighted by molar-refractivity contribution is 0.0975. The first kappa shape index (κ1) is 14.8. The standard InChI is InChI=1S/C16H16O5/c1-10-9-13(18)15(16(19)21-10)12(17)8-7-11-5-3-4-6-14(11)20-2/h3-6,9,18H,7-8H2,1-2H3. The average molecular weight is 288 g/mol. The molecule has 1 N–H and O–H groups in total. The van der Waals surface area contributed by atoms with Gasteiger partial charge in [-0.3, -0.25) is 4.79 Å². The van der Waals surface area contributed by atoms with E-state index >= 15 is 0 Å². The lowest BCUT2D eigenvalue weighted by Crippen LogP contribution is -2.15. The number of aromatic hydroxyl groups is 1. The Kier molecular flexibility index (Phi) is 4.42. The van der Waals surface area contributed by atoms with Crippen molar-refractivity contribution in [1.82, 2.24) is 0 Å². The predicted molar refractivity (Wildman–Crippen MR) is 77.0 cm³/mol. The molecule has 0 bridgehead atoms. The number of carbonyl (C=O) groups is 1. The van der Waals surface area contributed by atoms with E-state index in [9.17, 15) is 14.7 Å². The van der Waals surface area contributed by atoms with Crippen molar-refractivity contribution in [3.63, 3.8) is 0 Å². The number of rotatable bonds is 5. The summed E-state index contributed by atoms with van der Waals surface area (Å²) in [6, 6.07) is 8.60. The second-order valence-corrected chi connectivity index (χ2v) is 4.64. The van der Waals surface area contributed by atoms with E-state index in [1.54, 1.807) is 13.2 Å². The van der Waals surface area contributed by atoms with E-state index in [1.807, 2.05) is 18.2 Å². The summed E-state index contributed by atoms with van der Waals surface area (Å²) in [4.78, 5) is 23.8. The van der Waals surface area contributed by atoms with Crippen LogP contribution < -0.4 is 10.4 Å². The summed E-state index contributed by atoms with van der Waals surface area (Å²) >= 11 is 0. The van der Waals surface area contributed by atoms with Gasteiger partial charge in [0.1, 0.15) is 22.8 Å². The molecule has 5 heteroatoms. The molecular weight excluding hydrogens is 272 g/mol. The fourth-order valence-electron chi connectivity index (χ4n) is 2.14. The Morgan fingerprint density at radius 3 is 2.71 bits per heavy atom. The van der Waals surface area contributed by atoms with Crippen molar-refractivity contribution in [2.24, 2.45) is 0 Å². The highest BCUT2D eigenvalue weighted by Crippen LogP contribution is 2.21. The van der Waals surface area contributed by atoms with Crippen LogP contribution in [0.25, 0.3) is 0 Å². The van der Waals surface area contributed by atoms with Crippen LogP contribution in [-0.2, 0) is 6.42 Å². The minimum Gasteiger partial charge on any atom is -0.507 e. The zero-order chi connectivity index (χ0) is 15.4. The van der Waals surface area contributed by atoms with E-state index in [4.69, 9.17) is 9.15 Å². The number of methoxy groups -OCH3 is 1. The number of aryl methyl sites for hydroxylation is 2. The van der Waals surface area contributed by atoms with Crippen molar-refractivity contribution < 1.29 is 19.1 Å². The molecule has 0 aliphatic carbocycles. The van der Waals surface area contributed by atoms with Gasteiger partial charge in [-0.1, -0.05) is 18.2 Å². The van der Waals surface area contributed by atoms with Crippen LogP contribution in [0.3, 0.4) is 0 Å². The van der Waals surface area contributed by atoms with Gasteiger partial charge in [0.25, 0.3) is 0 Å². The summed E-state index contributed by atoms with van der Waals surface area (Å²) < 4.78 is 10.1. The minimum atomic E-state index is -0.808. The predicted octanol–water partition coefficient (Wildman–Crippen LogP) is 2.48. The van der Waals surface area contributed by atoms with Crippen molar-refractivity contribution in [2.75, 3.05) is 7.11 Å². The number of carbonyl (C=O) groups excluding carboxylic acids is 1. The molecule has 0 saturated carbocycles. The summed E-state index contributed by atoms with van der Waals surface area (Å²) in [5.41, 5.74) is -0.239. The van der Waals surface area contributed by atoms with Crippen LogP contribution in [0, 0.1) is 6.92 Å². The van der Waals surface area contributed by atoms with Gasteiger partial charge in [0, 0.05) is 12.5 Å². The molecule has 0 unspecified atom stereocenters. The highest BCUT2D eigenvalue weighted by atomic mass is 16.5. The molecule has 0 aliphatic heterocycles. The number of ether oxygens (including phenoxy) is 1. The molecule has 0 saturated heterocycles. The smallest absolute Gasteiger partial charge is 0.350 e. The first-order chi connectivity index (χ1) is 10.0. The molecule has 1 aromatic carbocycles. The van der Waals surface area contributed by atoms with E-state index in [0.717, 1.165) is 5.56 Å². The van der Waals surface area contributed by atoms with Gasteiger partial charge in [0.15, 0.2) is 5.78 Å². The van der Waals surface area contributed by atoms with Crippen LogP contribution >= 0.6 is 0 Å². The van der Waals surface area contributed by atoms with Crippen LogP contribution in [0.2, 0.25) is 0 Å². The molecule has 5 nitrogen and oxygen atoms in total. The Bertz CT molecular complexity index is 715. The highest BCUT2D eigenvalue weighted by Gasteiger charge is 2.18. The van der Waals surface area contributed by atoms with Crippen molar-refractivity contribution in [1.29, 1.82) is 0 Å². The molecule has 1 aromatic heterocycles. The van der Waals surface area contributed by atoms with Crippen molar-refractivity contribution in [2.45, 2.75) is 19.8 Å². The molecule has 0 aliphatic rings. The first-order valence-corrected chi connectivity index (χ1v) is 6.51. The Balaban J connectivity index is 2.18. The zero-order valence-electron chi connectivity index (χ0n) is 11.9. The third kappa shape index (κ3) is 3.31. The molecule has 21 heavy (non-hydrogen) atoms. The second-order valence-electron chi connectivity index (χ2n) is 4.64. The Morgan fingerprint density at radius 1 is 1.33 bits per heavy atom. The summed E-state index contributed by atoms with van der Waals surface area (Å²) in [5, 5.41) is 9.74. The van der Waals surface area contributed by atoms with Gasteiger partial charge in [0.2, 0.25) is 0 Å². The van der Waals surface area contributed by atoms with E-state index < -0.39 is 11.4 Å². The fourth-order valence-corrected chi connectivity index (χ4v) is 2.14. The fraction of sp³-hybridized carbons (Fsp3) is 0.250. The maximum Gasteiger partial charge on any atom is 0.350 e. The quantitative estimate of drug-likeness (QED) is 0.855. The van der Waals surface area contributed by atoms with Crippen LogP contribution in [0.5, 0.6) is 11.5 Å². The molecule has 0 radical (unpaired) electrons. The van der Waals surface area contributed by atoms with Crippen molar-refractivity contribution in [3.8, 4) is 11.5 Å². The monoisotopic (exact) mass is 288 g/mol. The van der Waals surface area contributed by atoms with Crippen LogP contribution in [0.15, 0.2) is 39.5 Å². The molecule has 2 aromatic rings. The maximum absolute atomic E-state index is 12.1. The lowest BCUT2D eigenvalue weighted by Gasteiger charge is -2.07. The summed E-state index contributed by atoms with van der Waals surface area (Å²) in [6.45, 7) is 1.53. The largest absolute Gasteiger partial charge is 0.507 e. The van der Waals surface area contributed by atoms with E-state index in [0.29, 0.717) is 12.2 Å². The molecule has 0 spiro atoms. The second kappa shape index (κ2) is 6.26. The van der Waals surface area contributed by atoms with E-state index in [1.165, 1.54) is 13.0 Å². The Hall–Kier alpha value is -2.56. The van der Waals surface area contributed by atoms with Gasteiger partial charge in [0.05, 0.1) is 7.11 Å². The first-order valence-electron chi connectivity index (χ1n) is 6.51. The highest BCUT2D eigenvalue weighted by molar-refractivity contribution is 5.98. The van der Waals surface area contributed by atoms with Crippen molar-refractivity contribution >= 4 is 5.78 Å². The number of Topliss-reactive ketones (excluding diaryl/α,β-unsaturated/α-hetero) is 1. The van der Waals surface area contributed by atoms with Gasteiger partial charge < -0.3 is 14.3 Å². The van der Waals surface area contributed by atoms with Gasteiger partial charge >= 0.3 is 5.63 Å². The Labute approximate surface area is 121 Å². The maximum atomic E-state index is 12.1. The van der Waals surface area contributed by atoms with E-state index in [-0.39, 0.29) is 23.5 Å². The zero-order valence-corrected chi connectivity index (χ0v) is 11.9. The molecule has 0 fully saturated rings. The van der Waals surface area contributed by atoms with Gasteiger partial charge in [-0.05, 0) is 25.0 Å². The molecule has 0 amide bonds. The number of hydrogen-bond acceptors (Lipinski definition) is 5. The van der Waals surface area contributed by atoms with Gasteiger partial charge in [-0.25, -0.2) is 4.79 Å². The minimum absolute atomic E-state index is 0.0851. The van der Waals surface area contributed by atoms with E-state index in [2.05, 4.69) is 0 Å². The van der Waals surface area contributed by atoms with Crippen LogP contribution in [-0.4, -0.2) is 18.0 Å². The van der Waals surface area contributed by atoms with Crippen LogP contribution in [0.4, 0.5) is 0 Å². The van der Waals surface area contributed by atoms with Crippen LogP contribution in [0.1, 0.15) is 28.1 Å². The Morgan fingerprint density at radius 2 is 2.05 bits per heavy atom. The molecule has 2 rings (SSSR count). The SMILES string of the molecule is COc1ccccc1CCC(=O)c1c(O)cc(C)oc1=O. The third-order valence-electron chi connectivity index (χ3n) is 3.15. The molecule has 0 atom stereocenters.